The summed E-state index contributed by atoms with van der Waals surface area (Å²) in [4.78, 5) is 4.49. The lowest BCUT2D eigenvalue weighted by Crippen LogP contribution is -2.16. The maximum atomic E-state index is 5.86. The molecule has 3 rings (SSSR count). The maximum absolute atomic E-state index is 5.86. The van der Waals surface area contributed by atoms with Crippen LogP contribution in [0.4, 0.5) is 0 Å². The maximum Gasteiger partial charge on any atom is 0.216 e. The zero-order valence-electron chi connectivity index (χ0n) is 8.79. The van der Waals surface area contributed by atoms with E-state index in [1.165, 1.54) is 0 Å². The third kappa shape index (κ3) is 2.02. The second-order valence-electron chi connectivity index (χ2n) is 3.93. The molecule has 0 saturated carbocycles. The smallest absolute Gasteiger partial charge is 0.216 e. The van der Waals surface area contributed by atoms with Crippen molar-refractivity contribution in [2.45, 2.75) is 16.9 Å². The molecule has 0 saturated heterocycles. The molecule has 0 radical (unpaired) electrons. The molecule has 1 aromatic carbocycles. The highest BCUT2D eigenvalue weighted by atomic mass is 35.6. The average molecular weight is 292 g/mol. The van der Waals surface area contributed by atoms with Gasteiger partial charge in [-0.1, -0.05) is 40.9 Å². The first-order chi connectivity index (χ1) is 8.05. The second-order valence-corrected chi connectivity index (χ2v) is 6.21. The Kier molecular flexibility index (Phi) is 2.75. The summed E-state index contributed by atoms with van der Waals surface area (Å²) in [6.07, 6.45) is 0. The minimum Gasteiger partial charge on any atom is -0.372 e. The van der Waals surface area contributed by atoms with Crippen molar-refractivity contribution in [1.29, 1.82) is 0 Å². The number of imidazole rings is 1. The van der Waals surface area contributed by atoms with Crippen LogP contribution in [0, 0.1) is 0 Å². The van der Waals surface area contributed by atoms with Gasteiger partial charge in [-0.25, -0.2) is 4.98 Å². The van der Waals surface area contributed by atoms with Gasteiger partial charge >= 0.3 is 0 Å². The van der Waals surface area contributed by atoms with Crippen LogP contribution in [-0.2, 0) is 21.7 Å². The van der Waals surface area contributed by atoms with Crippen molar-refractivity contribution in [3.8, 4) is 0 Å². The Morgan fingerprint density at radius 2 is 2.12 bits per heavy atom. The lowest BCUT2D eigenvalue weighted by molar-refractivity contribution is 0.0830. The summed E-state index contributed by atoms with van der Waals surface area (Å²) in [6, 6.07) is 5.57. The highest BCUT2D eigenvalue weighted by Crippen LogP contribution is 2.39. The topological polar surface area (TPSA) is 27.1 Å². The van der Waals surface area contributed by atoms with Crippen LogP contribution in [0.5, 0.6) is 0 Å². The number of hydrogen-bond donors (Lipinski definition) is 0. The van der Waals surface area contributed by atoms with E-state index in [-0.39, 0.29) is 0 Å². The Balaban J connectivity index is 2.18. The van der Waals surface area contributed by atoms with Gasteiger partial charge in [-0.2, -0.15) is 0 Å². The molecule has 0 aliphatic carbocycles. The van der Waals surface area contributed by atoms with Crippen molar-refractivity contribution in [2.75, 3.05) is 6.61 Å². The normalized spacial score (nSPS) is 16.2. The van der Waals surface area contributed by atoms with E-state index < -0.39 is 3.79 Å². The van der Waals surface area contributed by atoms with Crippen molar-refractivity contribution in [1.82, 2.24) is 9.55 Å². The van der Waals surface area contributed by atoms with E-state index in [1.807, 2.05) is 18.2 Å². The van der Waals surface area contributed by atoms with E-state index in [1.54, 1.807) is 0 Å². The number of halogens is 3. The lowest BCUT2D eigenvalue weighted by atomic mass is 10.2. The van der Waals surface area contributed by atoms with Crippen LogP contribution in [0.1, 0.15) is 11.4 Å². The van der Waals surface area contributed by atoms with Gasteiger partial charge in [0, 0.05) is 12.1 Å². The first-order valence-corrected chi connectivity index (χ1v) is 6.33. The van der Waals surface area contributed by atoms with Crippen LogP contribution in [0.3, 0.4) is 0 Å². The van der Waals surface area contributed by atoms with Crippen molar-refractivity contribution >= 4 is 45.8 Å². The van der Waals surface area contributed by atoms with Gasteiger partial charge in [0.15, 0.2) is 0 Å². The van der Waals surface area contributed by atoms with Crippen LogP contribution in [0.25, 0.3) is 11.0 Å². The van der Waals surface area contributed by atoms with Gasteiger partial charge in [-0.3, -0.25) is 0 Å². The molecule has 1 aliphatic heterocycles. The molecule has 0 amide bonds. The van der Waals surface area contributed by atoms with E-state index in [4.69, 9.17) is 39.5 Å². The van der Waals surface area contributed by atoms with E-state index in [2.05, 4.69) is 9.55 Å². The monoisotopic (exact) mass is 290 g/mol. The Labute approximate surface area is 113 Å². The van der Waals surface area contributed by atoms with E-state index >= 15 is 0 Å². The fourth-order valence-corrected chi connectivity index (χ4v) is 2.39. The summed E-state index contributed by atoms with van der Waals surface area (Å²) in [7, 11) is 0. The molecule has 2 heterocycles. The molecule has 17 heavy (non-hydrogen) atoms. The number of benzene rings is 1. The summed E-state index contributed by atoms with van der Waals surface area (Å²) >= 11 is 17.6. The quantitative estimate of drug-likeness (QED) is 0.696. The number of aromatic nitrogens is 2. The largest absolute Gasteiger partial charge is 0.372 e. The van der Waals surface area contributed by atoms with Gasteiger partial charge in [-0.15, -0.1) is 0 Å². The number of rotatable bonds is 0. The molecule has 0 unspecified atom stereocenters. The molecule has 6 heteroatoms. The van der Waals surface area contributed by atoms with Gasteiger partial charge in [0.05, 0.1) is 17.6 Å². The Morgan fingerprint density at radius 1 is 1.29 bits per heavy atom. The Morgan fingerprint density at radius 3 is 2.88 bits per heavy atom. The summed E-state index contributed by atoms with van der Waals surface area (Å²) < 4.78 is 6.09. The summed E-state index contributed by atoms with van der Waals surface area (Å²) in [5, 5.41) is 0. The standard InChI is InChI=1S/C11H9Cl3N2O/c12-11(13,14)7-1-2-9-8(5-7)15-10-6-17-4-3-16(9)10/h1-2,5H,3-4,6H2. The number of ether oxygens (including phenoxy) is 1. The van der Waals surface area contributed by atoms with Gasteiger partial charge < -0.3 is 9.30 Å². The Hall–Kier alpha value is -0.480. The summed E-state index contributed by atoms with van der Waals surface area (Å²) in [5.74, 6) is 0.924. The van der Waals surface area contributed by atoms with Crippen LogP contribution in [-0.4, -0.2) is 16.2 Å². The molecule has 3 nitrogen and oxygen atoms in total. The van der Waals surface area contributed by atoms with E-state index in [9.17, 15) is 0 Å². The molecule has 1 aromatic heterocycles. The zero-order valence-corrected chi connectivity index (χ0v) is 11.1. The molecule has 0 atom stereocenters. The number of alkyl halides is 3. The van der Waals surface area contributed by atoms with E-state index in [0.717, 1.165) is 23.4 Å². The molecule has 0 fully saturated rings. The Bertz CT molecular complexity index is 574. The highest BCUT2D eigenvalue weighted by Gasteiger charge is 2.24. The third-order valence-electron chi connectivity index (χ3n) is 2.85. The van der Waals surface area contributed by atoms with Gasteiger partial charge in [-0.05, 0) is 12.1 Å². The molecular formula is C11H9Cl3N2O. The van der Waals surface area contributed by atoms with Gasteiger partial charge in [0.1, 0.15) is 12.4 Å². The highest BCUT2D eigenvalue weighted by molar-refractivity contribution is 6.66. The summed E-state index contributed by atoms with van der Waals surface area (Å²) in [6.45, 7) is 2.07. The zero-order chi connectivity index (χ0) is 12.0. The second kappa shape index (κ2) is 4.02. The van der Waals surface area contributed by atoms with E-state index in [0.29, 0.717) is 18.8 Å². The van der Waals surface area contributed by atoms with Crippen LogP contribution in [0.15, 0.2) is 18.2 Å². The number of fused-ring (bicyclic) bond motifs is 3. The van der Waals surface area contributed by atoms with Crippen molar-refractivity contribution < 1.29 is 4.74 Å². The number of nitrogens with zero attached hydrogens (tertiary/aromatic N) is 2. The molecule has 0 N–H and O–H groups in total. The predicted molar refractivity (Wildman–Crippen MR) is 68.6 cm³/mol. The molecular weight excluding hydrogens is 282 g/mol. The third-order valence-corrected chi connectivity index (χ3v) is 3.50. The fraction of sp³-hybridized carbons (Fsp3) is 0.364. The van der Waals surface area contributed by atoms with Crippen molar-refractivity contribution in [3.63, 3.8) is 0 Å². The predicted octanol–water partition coefficient (Wildman–Crippen LogP) is 3.39. The van der Waals surface area contributed by atoms with Crippen LogP contribution in [0.2, 0.25) is 0 Å². The SMILES string of the molecule is ClC(Cl)(Cl)c1ccc2c(c1)nc1n2CCOC1. The van der Waals surface area contributed by atoms with Crippen LogP contribution < -0.4 is 0 Å². The van der Waals surface area contributed by atoms with Gasteiger partial charge in [0.2, 0.25) is 3.79 Å². The first-order valence-electron chi connectivity index (χ1n) is 5.20. The molecule has 90 valence electrons. The molecule has 0 spiro atoms. The number of hydrogen-bond acceptors (Lipinski definition) is 2. The van der Waals surface area contributed by atoms with Crippen LogP contribution >= 0.6 is 34.8 Å². The molecule has 2 aromatic rings. The summed E-state index contributed by atoms with van der Waals surface area (Å²) in [5.41, 5.74) is 2.53. The molecule has 0 bridgehead atoms. The fourth-order valence-electron chi connectivity index (χ4n) is 2.03. The minimum absolute atomic E-state index is 0.539. The van der Waals surface area contributed by atoms with Crippen molar-refractivity contribution in [3.05, 3.63) is 29.6 Å². The molecule has 1 aliphatic rings. The van der Waals surface area contributed by atoms with Gasteiger partial charge in [0.25, 0.3) is 0 Å². The minimum atomic E-state index is -1.41. The lowest BCUT2D eigenvalue weighted by Gasteiger charge is -2.15. The first kappa shape index (κ1) is 11.6. The van der Waals surface area contributed by atoms with Crippen molar-refractivity contribution in [2.24, 2.45) is 0 Å². The average Bonchev–Trinajstić information content (AvgIpc) is 2.65.